The van der Waals surface area contributed by atoms with Gasteiger partial charge in [-0.3, -0.25) is 9.36 Å². The van der Waals surface area contributed by atoms with E-state index in [0.29, 0.717) is 11.7 Å². The van der Waals surface area contributed by atoms with Gasteiger partial charge in [-0.05, 0) is 48.8 Å². The van der Waals surface area contributed by atoms with Crippen LogP contribution < -0.4 is 5.56 Å². The summed E-state index contributed by atoms with van der Waals surface area (Å²) in [5.74, 6) is 0.00120. The zero-order valence-electron chi connectivity index (χ0n) is 13.5. The topological polar surface area (TPSA) is 59.3 Å². The van der Waals surface area contributed by atoms with Crippen LogP contribution in [0.4, 0.5) is 0 Å². The van der Waals surface area contributed by atoms with Crippen molar-refractivity contribution in [3.05, 3.63) is 62.9 Å². The molecule has 2 aliphatic rings. The molecule has 4 rings (SSSR count). The Hall–Kier alpha value is -2.01. The molecular weight excluding hydrogens is 322 g/mol. The zero-order valence-corrected chi connectivity index (χ0v) is 14.3. The maximum atomic E-state index is 12.6. The molecule has 2 aromatic rings. The third-order valence-electron chi connectivity index (χ3n) is 4.77. The quantitative estimate of drug-likeness (QED) is 0.926. The van der Waals surface area contributed by atoms with Gasteiger partial charge in [0.1, 0.15) is 6.04 Å². The first kappa shape index (κ1) is 15.5. The number of aromatic nitrogens is 1. The molecule has 0 bridgehead atoms. The van der Waals surface area contributed by atoms with Crippen LogP contribution in [0.1, 0.15) is 47.1 Å². The lowest BCUT2D eigenvalue weighted by Gasteiger charge is -2.16. The molecule has 0 radical (unpaired) electrons. The fraction of sp³-hybridized carbons (Fsp3) is 0.368. The molecule has 1 unspecified atom stereocenters. The van der Waals surface area contributed by atoms with Gasteiger partial charge in [-0.2, -0.15) is 0 Å². The van der Waals surface area contributed by atoms with Crippen LogP contribution in [0.25, 0.3) is 0 Å². The molecular formula is C19H19NO3S. The number of benzene rings is 1. The Morgan fingerprint density at radius 1 is 1.33 bits per heavy atom. The monoisotopic (exact) mass is 341 g/mol. The highest BCUT2D eigenvalue weighted by Crippen LogP contribution is 2.48. The van der Waals surface area contributed by atoms with E-state index in [9.17, 15) is 14.7 Å². The van der Waals surface area contributed by atoms with Gasteiger partial charge in [0, 0.05) is 11.8 Å². The molecule has 1 aromatic heterocycles. The third-order valence-corrected chi connectivity index (χ3v) is 5.94. The van der Waals surface area contributed by atoms with E-state index < -0.39 is 12.0 Å². The molecule has 1 aliphatic heterocycles. The molecule has 5 heteroatoms. The minimum Gasteiger partial charge on any atom is -0.480 e. The van der Waals surface area contributed by atoms with Crippen molar-refractivity contribution in [3.63, 3.8) is 0 Å². The predicted molar refractivity (Wildman–Crippen MR) is 94.1 cm³/mol. The van der Waals surface area contributed by atoms with Crippen molar-refractivity contribution in [3.8, 4) is 0 Å². The summed E-state index contributed by atoms with van der Waals surface area (Å²) in [6.45, 7) is 2.07. The number of thioether (sulfide) groups is 1. The average molecular weight is 341 g/mol. The van der Waals surface area contributed by atoms with Gasteiger partial charge in [0.15, 0.2) is 0 Å². The van der Waals surface area contributed by atoms with Gasteiger partial charge in [0.05, 0.1) is 5.03 Å². The highest BCUT2D eigenvalue weighted by Gasteiger charge is 2.37. The van der Waals surface area contributed by atoms with Crippen LogP contribution in [0, 0.1) is 6.92 Å². The lowest BCUT2D eigenvalue weighted by Crippen LogP contribution is -2.29. The zero-order chi connectivity index (χ0) is 16.8. The number of carbonyl (C=O) groups is 1. The van der Waals surface area contributed by atoms with E-state index in [1.165, 1.54) is 33.0 Å². The number of carboxylic acids is 1. The van der Waals surface area contributed by atoms with Gasteiger partial charge >= 0.3 is 5.97 Å². The molecule has 0 saturated heterocycles. The molecule has 1 N–H and O–H groups in total. The second-order valence-corrected chi connectivity index (χ2v) is 7.71. The Morgan fingerprint density at radius 3 is 2.79 bits per heavy atom. The summed E-state index contributed by atoms with van der Waals surface area (Å²) in [7, 11) is 0. The van der Waals surface area contributed by atoms with Crippen LogP contribution in [0.5, 0.6) is 0 Å². The Labute approximate surface area is 144 Å². The Kier molecular flexibility index (Phi) is 3.76. The first-order chi connectivity index (χ1) is 11.5. The van der Waals surface area contributed by atoms with Crippen LogP contribution in [-0.4, -0.2) is 21.4 Å². The molecule has 1 fully saturated rings. The lowest BCUT2D eigenvalue weighted by atomic mass is 9.97. The first-order valence-electron chi connectivity index (χ1n) is 8.24. The third kappa shape index (κ3) is 2.67. The van der Waals surface area contributed by atoms with Crippen molar-refractivity contribution in [2.45, 2.75) is 43.2 Å². The fourth-order valence-electron chi connectivity index (χ4n) is 3.52. The molecule has 24 heavy (non-hydrogen) atoms. The standard InChI is InChI=1S/C19H19NO3S/c1-11-3-2-4-12(7-11)8-14-9-16(21)20-15(19(22)23)10-24-18(20)17(14)13-5-6-13/h2-4,7,9,13,15H,5-6,8,10H2,1H3,(H,22,23). The van der Waals surface area contributed by atoms with Crippen molar-refractivity contribution < 1.29 is 9.90 Å². The van der Waals surface area contributed by atoms with E-state index in [-0.39, 0.29) is 5.56 Å². The number of nitrogens with zero attached hydrogens (tertiary/aromatic N) is 1. The summed E-state index contributed by atoms with van der Waals surface area (Å²) < 4.78 is 1.50. The summed E-state index contributed by atoms with van der Waals surface area (Å²) in [4.78, 5) is 24.0. The minimum atomic E-state index is -0.920. The van der Waals surface area contributed by atoms with E-state index >= 15 is 0 Å². The number of aliphatic carboxylic acids is 1. The highest BCUT2D eigenvalue weighted by atomic mass is 32.2. The lowest BCUT2D eigenvalue weighted by molar-refractivity contribution is -0.140. The van der Waals surface area contributed by atoms with E-state index in [4.69, 9.17) is 0 Å². The van der Waals surface area contributed by atoms with Gasteiger partial charge < -0.3 is 5.11 Å². The number of rotatable bonds is 4. The van der Waals surface area contributed by atoms with Crippen molar-refractivity contribution in [2.24, 2.45) is 0 Å². The maximum Gasteiger partial charge on any atom is 0.327 e. The molecule has 1 aromatic carbocycles. The smallest absolute Gasteiger partial charge is 0.327 e. The van der Waals surface area contributed by atoms with E-state index in [2.05, 4.69) is 25.1 Å². The van der Waals surface area contributed by atoms with Gasteiger partial charge in [-0.15, -0.1) is 11.8 Å². The summed E-state index contributed by atoms with van der Waals surface area (Å²) >= 11 is 1.52. The Morgan fingerprint density at radius 2 is 2.12 bits per heavy atom. The van der Waals surface area contributed by atoms with Crippen molar-refractivity contribution >= 4 is 17.7 Å². The second-order valence-electron chi connectivity index (χ2n) is 6.70. The number of aryl methyl sites for hydroxylation is 1. The maximum absolute atomic E-state index is 12.6. The van der Waals surface area contributed by atoms with E-state index in [0.717, 1.165) is 29.9 Å². The molecule has 1 aliphatic carbocycles. The average Bonchev–Trinajstić information content (AvgIpc) is 3.24. The summed E-state index contributed by atoms with van der Waals surface area (Å²) in [6.07, 6.45) is 2.99. The first-order valence-corrected chi connectivity index (χ1v) is 9.22. The number of pyridine rings is 1. The Balaban J connectivity index is 1.82. The Bertz CT molecular complexity index is 883. The van der Waals surface area contributed by atoms with E-state index in [1.54, 1.807) is 6.07 Å². The number of fused-ring (bicyclic) bond motifs is 1. The largest absolute Gasteiger partial charge is 0.480 e. The summed E-state index contributed by atoms with van der Waals surface area (Å²) in [6, 6.07) is 9.27. The molecule has 0 amide bonds. The van der Waals surface area contributed by atoms with Gasteiger partial charge in [-0.1, -0.05) is 29.8 Å². The molecule has 2 heterocycles. The van der Waals surface area contributed by atoms with Crippen LogP contribution in [-0.2, 0) is 11.2 Å². The van der Waals surface area contributed by atoms with Gasteiger partial charge in [0.2, 0.25) is 0 Å². The molecule has 0 spiro atoms. The van der Waals surface area contributed by atoms with Crippen LogP contribution in [0.2, 0.25) is 0 Å². The highest BCUT2D eigenvalue weighted by molar-refractivity contribution is 7.99. The van der Waals surface area contributed by atoms with Crippen molar-refractivity contribution in [2.75, 3.05) is 5.75 Å². The SMILES string of the molecule is Cc1cccc(Cc2cc(=O)n3c(c2C2CC2)SCC3C(=O)O)c1. The molecule has 4 nitrogen and oxygen atoms in total. The fourth-order valence-corrected chi connectivity index (χ4v) is 4.93. The van der Waals surface area contributed by atoms with Crippen LogP contribution >= 0.6 is 11.8 Å². The van der Waals surface area contributed by atoms with E-state index in [1.807, 2.05) is 6.07 Å². The summed E-state index contributed by atoms with van der Waals surface area (Å²) in [5.41, 5.74) is 4.50. The minimum absolute atomic E-state index is 0.186. The molecule has 1 saturated carbocycles. The van der Waals surface area contributed by atoms with Crippen molar-refractivity contribution in [1.82, 2.24) is 4.57 Å². The number of hydrogen-bond donors (Lipinski definition) is 1. The number of hydrogen-bond acceptors (Lipinski definition) is 3. The second kappa shape index (κ2) is 5.81. The molecule has 124 valence electrons. The number of carboxylic acid groups (broad SMARTS) is 1. The predicted octanol–water partition coefficient (Wildman–Crippen LogP) is 3.36. The molecule has 1 atom stereocenters. The van der Waals surface area contributed by atoms with Crippen LogP contribution in [0.15, 0.2) is 40.2 Å². The van der Waals surface area contributed by atoms with Gasteiger partial charge in [0.25, 0.3) is 5.56 Å². The van der Waals surface area contributed by atoms with Crippen molar-refractivity contribution in [1.29, 1.82) is 0 Å². The summed E-state index contributed by atoms with van der Waals surface area (Å²) in [5, 5.41) is 10.3. The van der Waals surface area contributed by atoms with Crippen LogP contribution in [0.3, 0.4) is 0 Å². The normalized spacial score (nSPS) is 19.3. The van der Waals surface area contributed by atoms with Gasteiger partial charge in [-0.25, -0.2) is 4.79 Å².